The lowest BCUT2D eigenvalue weighted by Crippen LogP contribution is -2.18. The van der Waals surface area contributed by atoms with E-state index in [0.29, 0.717) is 29.1 Å². The Bertz CT molecular complexity index is 1640. The van der Waals surface area contributed by atoms with Gasteiger partial charge in [-0.2, -0.15) is 11.3 Å². The molecule has 2 saturated carbocycles. The maximum absolute atomic E-state index is 13.8. The highest BCUT2D eigenvalue weighted by Crippen LogP contribution is 2.51. The van der Waals surface area contributed by atoms with Gasteiger partial charge in [0.1, 0.15) is 0 Å². The first-order chi connectivity index (χ1) is 17.0. The SMILES string of the molecule is [C-]#[N+]c1sccc1-c1c(-c2cccc(C3CC3C(=O)OC)c2)n(S(=O)(=O)C2CC2)c2ccccc12. The summed E-state index contributed by atoms with van der Waals surface area (Å²) in [5, 5.41) is 2.81. The van der Waals surface area contributed by atoms with Crippen LogP contribution in [0.2, 0.25) is 0 Å². The van der Waals surface area contributed by atoms with Gasteiger partial charge in [0.2, 0.25) is 15.0 Å². The molecule has 0 spiro atoms. The Hall–Kier alpha value is -3.41. The predicted octanol–water partition coefficient (Wildman–Crippen LogP) is 6.20. The molecule has 2 fully saturated rings. The number of nitrogens with zero attached hydrogens (tertiary/aromatic N) is 2. The lowest BCUT2D eigenvalue weighted by Gasteiger charge is -2.14. The van der Waals surface area contributed by atoms with Gasteiger partial charge < -0.3 is 4.74 Å². The molecule has 35 heavy (non-hydrogen) atoms. The highest BCUT2D eigenvalue weighted by molar-refractivity contribution is 7.91. The van der Waals surface area contributed by atoms with Gasteiger partial charge in [-0.3, -0.25) is 4.79 Å². The summed E-state index contributed by atoms with van der Waals surface area (Å²) in [6.07, 6.45) is 2.02. The first kappa shape index (κ1) is 22.1. The average molecular weight is 503 g/mol. The Morgan fingerprint density at radius 2 is 1.94 bits per heavy atom. The van der Waals surface area contributed by atoms with Crippen molar-refractivity contribution in [3.05, 3.63) is 77.0 Å². The fraction of sp³-hybridized carbons (Fsp3) is 0.259. The van der Waals surface area contributed by atoms with Crippen molar-refractivity contribution >= 4 is 43.2 Å². The van der Waals surface area contributed by atoms with Crippen molar-refractivity contribution in [3.8, 4) is 22.4 Å². The molecule has 6 rings (SSSR count). The molecule has 2 atom stereocenters. The molecule has 6 nitrogen and oxygen atoms in total. The molecule has 2 heterocycles. The van der Waals surface area contributed by atoms with Crippen molar-refractivity contribution in [2.75, 3.05) is 7.11 Å². The number of fused-ring (bicyclic) bond motifs is 1. The fourth-order valence-corrected chi connectivity index (χ4v) is 7.59. The van der Waals surface area contributed by atoms with Crippen molar-refractivity contribution in [2.24, 2.45) is 5.92 Å². The van der Waals surface area contributed by atoms with E-state index in [4.69, 9.17) is 11.3 Å². The lowest BCUT2D eigenvalue weighted by atomic mass is 9.97. The van der Waals surface area contributed by atoms with Crippen LogP contribution in [0.15, 0.2) is 60.0 Å². The van der Waals surface area contributed by atoms with E-state index in [1.807, 2.05) is 60.0 Å². The number of esters is 1. The predicted molar refractivity (Wildman–Crippen MR) is 137 cm³/mol. The van der Waals surface area contributed by atoms with Crippen LogP contribution >= 0.6 is 11.3 Å². The number of aromatic nitrogens is 1. The zero-order valence-electron chi connectivity index (χ0n) is 19.0. The standard InChI is InChI=1S/C27H22N2O4S2/c1-28-26-20(12-13-34-26)24-19-8-3-4-9-23(19)29(35(31,32)18-10-11-18)25(24)17-7-5-6-16(14-17)21-15-22(21)27(30)33-2/h3-9,12-14,18,21-22H,10-11,15H2,2H3. The average Bonchev–Trinajstić information content (AvgIpc) is 3.80. The van der Waals surface area contributed by atoms with E-state index in [1.165, 1.54) is 22.4 Å². The second-order valence-corrected chi connectivity index (χ2v) is 12.1. The van der Waals surface area contributed by atoms with Crippen LogP contribution in [-0.2, 0) is 19.6 Å². The first-order valence-electron chi connectivity index (χ1n) is 11.5. The Morgan fingerprint density at radius 3 is 2.69 bits per heavy atom. The van der Waals surface area contributed by atoms with Crippen molar-refractivity contribution in [1.82, 2.24) is 3.97 Å². The summed E-state index contributed by atoms with van der Waals surface area (Å²) in [5.74, 6) is -0.323. The van der Waals surface area contributed by atoms with Gasteiger partial charge in [0.25, 0.3) is 0 Å². The third kappa shape index (κ3) is 3.49. The maximum Gasteiger partial charge on any atom is 0.309 e. The van der Waals surface area contributed by atoms with Gasteiger partial charge in [-0.15, -0.1) is 0 Å². The summed E-state index contributed by atoms with van der Waals surface area (Å²) >= 11 is 1.35. The zero-order chi connectivity index (χ0) is 24.3. The fourth-order valence-electron chi connectivity index (χ4n) is 5.00. The van der Waals surface area contributed by atoms with E-state index in [2.05, 4.69) is 4.85 Å². The zero-order valence-corrected chi connectivity index (χ0v) is 20.6. The highest BCUT2D eigenvalue weighted by atomic mass is 32.2. The number of rotatable bonds is 6. The van der Waals surface area contributed by atoms with Crippen molar-refractivity contribution in [2.45, 2.75) is 30.4 Å². The topological polar surface area (TPSA) is 69.7 Å². The molecule has 176 valence electrons. The summed E-state index contributed by atoms with van der Waals surface area (Å²) in [5.41, 5.74) is 4.45. The summed E-state index contributed by atoms with van der Waals surface area (Å²) in [6.45, 7) is 7.69. The molecule has 0 radical (unpaired) electrons. The number of carbonyl (C=O) groups excluding carboxylic acids is 1. The van der Waals surface area contributed by atoms with E-state index in [1.54, 1.807) is 0 Å². The number of hydrogen-bond donors (Lipinski definition) is 0. The van der Waals surface area contributed by atoms with Crippen molar-refractivity contribution < 1.29 is 17.9 Å². The van der Waals surface area contributed by atoms with Gasteiger partial charge in [0, 0.05) is 22.1 Å². The van der Waals surface area contributed by atoms with Gasteiger partial charge in [-0.1, -0.05) is 42.5 Å². The van der Waals surface area contributed by atoms with Crippen LogP contribution in [0.1, 0.15) is 30.7 Å². The molecule has 2 unspecified atom stereocenters. The van der Waals surface area contributed by atoms with Crippen LogP contribution in [0.5, 0.6) is 0 Å². The summed E-state index contributed by atoms with van der Waals surface area (Å²) < 4.78 is 34.0. The normalized spacial score (nSPS) is 19.4. The van der Waals surface area contributed by atoms with Crippen molar-refractivity contribution in [3.63, 3.8) is 0 Å². The number of hydrogen-bond acceptors (Lipinski definition) is 5. The molecule has 4 aromatic rings. The molecule has 2 aromatic heterocycles. The molecular weight excluding hydrogens is 480 g/mol. The molecule has 0 bridgehead atoms. The number of para-hydroxylation sites is 1. The van der Waals surface area contributed by atoms with Crippen LogP contribution in [-0.4, -0.2) is 30.7 Å². The molecule has 0 N–H and O–H groups in total. The van der Waals surface area contributed by atoms with Gasteiger partial charge in [0.05, 0.1) is 36.1 Å². The molecule has 0 saturated heterocycles. The minimum absolute atomic E-state index is 0.0590. The smallest absolute Gasteiger partial charge is 0.309 e. The monoisotopic (exact) mass is 502 g/mol. The number of methoxy groups -OCH3 is 1. The van der Waals surface area contributed by atoms with Crippen LogP contribution in [0.25, 0.3) is 38.1 Å². The molecule has 0 aliphatic heterocycles. The van der Waals surface area contributed by atoms with Gasteiger partial charge in [-0.05, 0) is 48.3 Å². The summed E-state index contributed by atoms with van der Waals surface area (Å²) in [6, 6.07) is 17.2. The number of thiophene rings is 1. The molecule has 0 amide bonds. The summed E-state index contributed by atoms with van der Waals surface area (Å²) in [7, 11) is -2.24. The van der Waals surface area contributed by atoms with Crippen LogP contribution < -0.4 is 0 Å². The van der Waals surface area contributed by atoms with E-state index in [9.17, 15) is 13.2 Å². The second-order valence-electron chi connectivity index (χ2n) is 9.10. The number of carbonyl (C=O) groups is 1. The highest BCUT2D eigenvalue weighted by Gasteiger charge is 2.45. The van der Waals surface area contributed by atoms with Gasteiger partial charge >= 0.3 is 5.97 Å². The Labute approximate surface area is 207 Å². The Kier molecular flexibility index (Phi) is 5.09. The molecule has 2 aliphatic carbocycles. The van der Waals surface area contributed by atoms with Gasteiger partial charge in [-0.25, -0.2) is 17.2 Å². The first-order valence-corrected chi connectivity index (χ1v) is 13.8. The molecule has 8 heteroatoms. The summed E-state index contributed by atoms with van der Waals surface area (Å²) in [4.78, 5) is 15.8. The third-order valence-electron chi connectivity index (χ3n) is 6.93. The van der Waals surface area contributed by atoms with Crippen LogP contribution in [0, 0.1) is 12.5 Å². The van der Waals surface area contributed by atoms with E-state index in [0.717, 1.165) is 34.1 Å². The molecular formula is C27H22N2O4S2. The quantitative estimate of drug-likeness (QED) is 0.232. The lowest BCUT2D eigenvalue weighted by molar-refractivity contribution is -0.142. The van der Waals surface area contributed by atoms with E-state index < -0.39 is 15.3 Å². The third-order valence-corrected chi connectivity index (χ3v) is 9.94. The second kappa shape index (κ2) is 8.08. The van der Waals surface area contributed by atoms with E-state index >= 15 is 0 Å². The molecule has 2 aliphatic rings. The number of ether oxygens (including phenoxy) is 1. The number of benzene rings is 2. The van der Waals surface area contributed by atoms with Crippen LogP contribution in [0.3, 0.4) is 0 Å². The van der Waals surface area contributed by atoms with Crippen molar-refractivity contribution in [1.29, 1.82) is 0 Å². The largest absolute Gasteiger partial charge is 0.469 e. The minimum Gasteiger partial charge on any atom is -0.469 e. The molecule has 2 aromatic carbocycles. The maximum atomic E-state index is 13.8. The van der Waals surface area contributed by atoms with E-state index in [-0.39, 0.29) is 17.8 Å². The Morgan fingerprint density at radius 1 is 1.14 bits per heavy atom. The van der Waals surface area contributed by atoms with Crippen LogP contribution in [0.4, 0.5) is 5.00 Å². The van der Waals surface area contributed by atoms with Gasteiger partial charge in [0.15, 0.2) is 0 Å². The minimum atomic E-state index is -3.64. The Balaban J connectivity index is 1.64.